The topological polar surface area (TPSA) is 56.9 Å². The maximum absolute atomic E-state index is 13.1. The molecule has 0 amide bonds. The molecule has 0 atom stereocenters. The molecule has 0 saturated carbocycles. The third kappa shape index (κ3) is 3.48. The highest BCUT2D eigenvalue weighted by Crippen LogP contribution is 2.27. The SMILES string of the molecule is O=C(O)c1occc1CN1CCN(c2ccc(F)cc2Cl)CC1. The first-order valence-corrected chi connectivity index (χ1v) is 7.64. The Bertz CT molecular complexity index is 711. The molecule has 0 unspecified atom stereocenters. The van der Waals surface area contributed by atoms with E-state index in [9.17, 15) is 9.18 Å². The molecule has 1 saturated heterocycles. The molecule has 23 heavy (non-hydrogen) atoms. The fourth-order valence-corrected chi connectivity index (χ4v) is 3.06. The van der Waals surface area contributed by atoms with Gasteiger partial charge in [-0.05, 0) is 24.3 Å². The molecular formula is C16H16ClFN2O3. The maximum atomic E-state index is 13.1. The summed E-state index contributed by atoms with van der Waals surface area (Å²) in [5, 5.41) is 9.47. The smallest absolute Gasteiger partial charge is 0.372 e. The average molecular weight is 339 g/mol. The van der Waals surface area contributed by atoms with Gasteiger partial charge < -0.3 is 14.4 Å². The van der Waals surface area contributed by atoms with Gasteiger partial charge in [-0.25, -0.2) is 9.18 Å². The van der Waals surface area contributed by atoms with Crippen LogP contribution in [0.5, 0.6) is 0 Å². The summed E-state index contributed by atoms with van der Waals surface area (Å²) in [5.74, 6) is -1.41. The number of nitrogens with zero attached hydrogens (tertiary/aromatic N) is 2. The highest BCUT2D eigenvalue weighted by molar-refractivity contribution is 6.33. The number of halogens is 2. The van der Waals surface area contributed by atoms with Crippen molar-refractivity contribution >= 4 is 23.3 Å². The third-order valence-corrected chi connectivity index (χ3v) is 4.26. The molecule has 1 fully saturated rings. The molecule has 1 aromatic carbocycles. The van der Waals surface area contributed by atoms with Crippen molar-refractivity contribution < 1.29 is 18.7 Å². The number of carboxylic acid groups (broad SMARTS) is 1. The zero-order valence-electron chi connectivity index (χ0n) is 12.3. The minimum atomic E-state index is -1.05. The monoisotopic (exact) mass is 338 g/mol. The Hall–Kier alpha value is -2.05. The standard InChI is InChI=1S/C16H16ClFN2O3/c17-13-9-12(18)1-2-14(13)20-6-4-19(5-7-20)10-11-3-8-23-15(11)16(21)22/h1-3,8-9H,4-7,10H2,(H,21,22). The number of aromatic carboxylic acids is 1. The second-order valence-electron chi connectivity index (χ2n) is 5.44. The molecule has 0 spiro atoms. The first-order chi connectivity index (χ1) is 11.0. The van der Waals surface area contributed by atoms with E-state index < -0.39 is 5.97 Å². The predicted molar refractivity (Wildman–Crippen MR) is 84.6 cm³/mol. The van der Waals surface area contributed by atoms with Gasteiger partial charge in [0.15, 0.2) is 0 Å². The van der Waals surface area contributed by atoms with Crippen LogP contribution in [0.2, 0.25) is 5.02 Å². The number of benzene rings is 1. The number of furan rings is 1. The molecule has 5 nitrogen and oxygen atoms in total. The summed E-state index contributed by atoms with van der Waals surface area (Å²) in [7, 11) is 0. The van der Waals surface area contributed by atoms with E-state index in [0.717, 1.165) is 31.9 Å². The number of piperazine rings is 1. The lowest BCUT2D eigenvalue weighted by Crippen LogP contribution is -2.46. The van der Waals surface area contributed by atoms with Crippen molar-refractivity contribution in [2.75, 3.05) is 31.1 Å². The maximum Gasteiger partial charge on any atom is 0.372 e. The highest BCUT2D eigenvalue weighted by atomic mass is 35.5. The Morgan fingerprint density at radius 3 is 2.65 bits per heavy atom. The molecule has 1 aromatic heterocycles. The fourth-order valence-electron chi connectivity index (χ4n) is 2.77. The van der Waals surface area contributed by atoms with Crippen molar-refractivity contribution in [3.8, 4) is 0 Å². The Balaban J connectivity index is 1.62. The summed E-state index contributed by atoms with van der Waals surface area (Å²) >= 11 is 6.10. The molecule has 1 N–H and O–H groups in total. The van der Waals surface area contributed by atoms with Crippen molar-refractivity contribution in [2.24, 2.45) is 0 Å². The van der Waals surface area contributed by atoms with E-state index >= 15 is 0 Å². The van der Waals surface area contributed by atoms with Gasteiger partial charge in [-0.15, -0.1) is 0 Å². The third-order valence-electron chi connectivity index (χ3n) is 3.96. The molecule has 7 heteroatoms. The lowest BCUT2D eigenvalue weighted by Gasteiger charge is -2.36. The largest absolute Gasteiger partial charge is 0.475 e. The number of carbonyl (C=O) groups is 1. The highest BCUT2D eigenvalue weighted by Gasteiger charge is 2.22. The van der Waals surface area contributed by atoms with Gasteiger partial charge in [0.2, 0.25) is 5.76 Å². The van der Waals surface area contributed by atoms with Crippen LogP contribution in [-0.2, 0) is 6.54 Å². The summed E-state index contributed by atoms with van der Waals surface area (Å²) in [6.07, 6.45) is 1.40. The number of rotatable bonds is 4. The van der Waals surface area contributed by atoms with Crippen LogP contribution in [0, 0.1) is 5.82 Å². The lowest BCUT2D eigenvalue weighted by molar-refractivity contribution is 0.0659. The zero-order chi connectivity index (χ0) is 16.4. The number of hydrogen-bond donors (Lipinski definition) is 1. The summed E-state index contributed by atoms with van der Waals surface area (Å²) in [6.45, 7) is 3.54. The van der Waals surface area contributed by atoms with Crippen LogP contribution in [0.3, 0.4) is 0 Å². The fraction of sp³-hybridized carbons (Fsp3) is 0.312. The number of hydrogen-bond acceptors (Lipinski definition) is 4. The molecule has 0 radical (unpaired) electrons. The van der Waals surface area contributed by atoms with Crippen LogP contribution in [-0.4, -0.2) is 42.2 Å². The van der Waals surface area contributed by atoms with Gasteiger partial charge in [0.25, 0.3) is 0 Å². The van der Waals surface area contributed by atoms with Crippen LogP contribution in [0.25, 0.3) is 0 Å². The van der Waals surface area contributed by atoms with E-state index in [0.29, 0.717) is 17.1 Å². The molecule has 1 aliphatic rings. The van der Waals surface area contributed by atoms with Gasteiger partial charge in [-0.3, -0.25) is 4.90 Å². The molecule has 0 bridgehead atoms. The van der Waals surface area contributed by atoms with Crippen LogP contribution in [0.1, 0.15) is 16.1 Å². The summed E-state index contributed by atoms with van der Waals surface area (Å²) in [4.78, 5) is 15.3. The molecule has 0 aliphatic carbocycles. The molecule has 1 aliphatic heterocycles. The Morgan fingerprint density at radius 2 is 2.00 bits per heavy atom. The molecule has 122 valence electrons. The van der Waals surface area contributed by atoms with Crippen LogP contribution < -0.4 is 4.90 Å². The molecule has 3 rings (SSSR count). The van der Waals surface area contributed by atoms with Gasteiger partial charge >= 0.3 is 5.97 Å². The average Bonchev–Trinajstić information content (AvgIpc) is 2.97. The van der Waals surface area contributed by atoms with E-state index in [4.69, 9.17) is 21.1 Å². The van der Waals surface area contributed by atoms with Crippen LogP contribution in [0.4, 0.5) is 10.1 Å². The van der Waals surface area contributed by atoms with Gasteiger partial charge in [-0.2, -0.15) is 0 Å². The Morgan fingerprint density at radius 1 is 1.26 bits per heavy atom. The van der Waals surface area contributed by atoms with Crippen molar-refractivity contribution in [1.29, 1.82) is 0 Å². The van der Waals surface area contributed by atoms with Crippen molar-refractivity contribution in [3.05, 3.63) is 52.7 Å². The minimum absolute atomic E-state index is 0.00555. The van der Waals surface area contributed by atoms with E-state index in [1.54, 1.807) is 12.1 Å². The van der Waals surface area contributed by atoms with Gasteiger partial charge in [-0.1, -0.05) is 11.6 Å². The van der Waals surface area contributed by atoms with Crippen molar-refractivity contribution in [1.82, 2.24) is 4.90 Å². The van der Waals surface area contributed by atoms with E-state index in [1.165, 1.54) is 18.4 Å². The van der Waals surface area contributed by atoms with Crippen LogP contribution >= 0.6 is 11.6 Å². The Labute approximate surface area is 137 Å². The van der Waals surface area contributed by atoms with Gasteiger partial charge in [0.1, 0.15) is 5.82 Å². The quantitative estimate of drug-likeness (QED) is 0.928. The summed E-state index contributed by atoms with van der Waals surface area (Å²) < 4.78 is 18.1. The molecule has 2 heterocycles. The normalized spacial score (nSPS) is 15.8. The predicted octanol–water partition coefficient (Wildman–Crippen LogP) is 3.09. The second kappa shape index (κ2) is 6.60. The van der Waals surface area contributed by atoms with Crippen molar-refractivity contribution in [3.63, 3.8) is 0 Å². The van der Waals surface area contributed by atoms with E-state index in [2.05, 4.69) is 9.80 Å². The summed E-state index contributed by atoms with van der Waals surface area (Å²) in [6, 6.07) is 6.09. The lowest BCUT2D eigenvalue weighted by atomic mass is 10.2. The minimum Gasteiger partial charge on any atom is -0.475 e. The second-order valence-corrected chi connectivity index (χ2v) is 5.85. The number of anilines is 1. The van der Waals surface area contributed by atoms with Gasteiger partial charge in [0, 0.05) is 38.3 Å². The van der Waals surface area contributed by atoms with Gasteiger partial charge in [0.05, 0.1) is 17.0 Å². The molecular weight excluding hydrogens is 323 g/mol. The van der Waals surface area contributed by atoms with E-state index in [1.807, 2.05) is 0 Å². The first kappa shape index (κ1) is 15.8. The summed E-state index contributed by atoms with van der Waals surface area (Å²) in [5.41, 5.74) is 1.49. The zero-order valence-corrected chi connectivity index (χ0v) is 13.1. The number of carboxylic acids is 1. The Kier molecular flexibility index (Phi) is 4.54. The first-order valence-electron chi connectivity index (χ1n) is 7.26. The van der Waals surface area contributed by atoms with E-state index in [-0.39, 0.29) is 11.6 Å². The van der Waals surface area contributed by atoms with Crippen LogP contribution in [0.15, 0.2) is 34.9 Å². The van der Waals surface area contributed by atoms with Crippen molar-refractivity contribution in [2.45, 2.75) is 6.54 Å². The molecule has 2 aromatic rings.